The summed E-state index contributed by atoms with van der Waals surface area (Å²) in [7, 11) is 0. The van der Waals surface area contributed by atoms with Crippen LogP contribution in [0.4, 0.5) is 0 Å². The van der Waals surface area contributed by atoms with E-state index in [0.717, 1.165) is 11.0 Å². The van der Waals surface area contributed by atoms with Gasteiger partial charge in [0.25, 0.3) is 0 Å². The Bertz CT molecular complexity index is 640. The largest absolute Gasteiger partial charge is 0.388 e. The van der Waals surface area contributed by atoms with Crippen molar-refractivity contribution in [1.29, 1.82) is 0 Å². The van der Waals surface area contributed by atoms with Crippen molar-refractivity contribution in [3.8, 4) is 0 Å². The number of rotatable bonds is 2. The van der Waals surface area contributed by atoms with Crippen LogP contribution in [0.25, 0.3) is 11.9 Å². The Labute approximate surface area is 126 Å². The van der Waals surface area contributed by atoms with Crippen molar-refractivity contribution in [2.45, 2.75) is 57.9 Å². The first-order valence-electron chi connectivity index (χ1n) is 8.20. The zero-order valence-corrected chi connectivity index (χ0v) is 12.9. The number of hydrogen-bond acceptors (Lipinski definition) is 2. The van der Waals surface area contributed by atoms with E-state index >= 15 is 0 Å². The van der Waals surface area contributed by atoms with E-state index in [1.165, 1.54) is 55.7 Å². The van der Waals surface area contributed by atoms with Crippen LogP contribution in [0.15, 0.2) is 28.9 Å². The Hall–Kier alpha value is -1.77. The first-order chi connectivity index (χ1) is 10.3. The Kier molecular flexibility index (Phi) is 4.59. The lowest BCUT2D eigenvalue weighted by Gasteiger charge is -2.19. The van der Waals surface area contributed by atoms with Gasteiger partial charge in [0, 0.05) is 29.9 Å². The van der Waals surface area contributed by atoms with Gasteiger partial charge in [0.05, 0.1) is 11.0 Å². The first kappa shape index (κ1) is 14.2. The van der Waals surface area contributed by atoms with Gasteiger partial charge in [-0.1, -0.05) is 32.1 Å². The molecule has 1 aliphatic heterocycles. The molecule has 2 N–H and O–H groups in total. The van der Waals surface area contributed by atoms with Gasteiger partial charge in [-0.3, -0.25) is 4.99 Å². The SMILES string of the molecule is CC1=CC=NC1=c1[nH]ccc1=CNC1CCCCCCC1. The van der Waals surface area contributed by atoms with Crippen molar-refractivity contribution < 1.29 is 0 Å². The van der Waals surface area contributed by atoms with E-state index in [0.29, 0.717) is 6.04 Å². The van der Waals surface area contributed by atoms with E-state index in [1.54, 1.807) is 0 Å². The zero-order chi connectivity index (χ0) is 14.5. The minimum absolute atomic E-state index is 0.627. The molecule has 0 radical (unpaired) electrons. The van der Waals surface area contributed by atoms with Gasteiger partial charge in [0.1, 0.15) is 0 Å². The second-order valence-corrected chi connectivity index (χ2v) is 6.14. The summed E-state index contributed by atoms with van der Waals surface area (Å²) in [5, 5.41) is 5.97. The number of aromatic nitrogens is 1. The summed E-state index contributed by atoms with van der Waals surface area (Å²) < 4.78 is 0. The highest BCUT2D eigenvalue weighted by molar-refractivity contribution is 5.88. The number of hydrogen-bond donors (Lipinski definition) is 2. The van der Waals surface area contributed by atoms with E-state index in [9.17, 15) is 0 Å². The zero-order valence-electron chi connectivity index (χ0n) is 12.9. The van der Waals surface area contributed by atoms with E-state index in [2.05, 4.69) is 40.6 Å². The molecule has 112 valence electrons. The highest BCUT2D eigenvalue weighted by atomic mass is 14.9. The summed E-state index contributed by atoms with van der Waals surface area (Å²) in [6.45, 7) is 2.11. The fourth-order valence-electron chi connectivity index (χ4n) is 3.20. The quantitative estimate of drug-likeness (QED) is 0.860. The lowest BCUT2D eigenvalue weighted by atomic mass is 9.97. The third-order valence-corrected chi connectivity index (χ3v) is 4.50. The Balaban J connectivity index is 1.80. The molecule has 1 aliphatic carbocycles. The van der Waals surface area contributed by atoms with Crippen LogP contribution >= 0.6 is 0 Å². The van der Waals surface area contributed by atoms with Crippen LogP contribution < -0.4 is 15.9 Å². The molecule has 0 amide bonds. The van der Waals surface area contributed by atoms with Crippen LogP contribution in [0.3, 0.4) is 0 Å². The summed E-state index contributed by atoms with van der Waals surface area (Å²) in [5.41, 5.74) is 2.28. The molecule has 2 aliphatic rings. The lowest BCUT2D eigenvalue weighted by molar-refractivity contribution is 0.427. The monoisotopic (exact) mass is 283 g/mol. The molecule has 0 bridgehead atoms. The molecule has 1 fully saturated rings. The normalized spacial score (nSPS) is 23.9. The van der Waals surface area contributed by atoms with Crippen molar-refractivity contribution in [3.05, 3.63) is 34.5 Å². The van der Waals surface area contributed by atoms with Gasteiger partial charge in [0.15, 0.2) is 0 Å². The van der Waals surface area contributed by atoms with Gasteiger partial charge in [-0.2, -0.15) is 0 Å². The first-order valence-corrected chi connectivity index (χ1v) is 8.20. The van der Waals surface area contributed by atoms with Crippen LogP contribution in [0, 0.1) is 0 Å². The highest BCUT2D eigenvalue weighted by Crippen LogP contribution is 2.17. The average Bonchev–Trinajstić information content (AvgIpc) is 3.05. The number of aromatic amines is 1. The number of nitrogens with one attached hydrogen (secondary N) is 2. The predicted molar refractivity (Wildman–Crippen MR) is 89.4 cm³/mol. The van der Waals surface area contributed by atoms with Crippen molar-refractivity contribution in [1.82, 2.24) is 10.3 Å². The second-order valence-electron chi connectivity index (χ2n) is 6.14. The van der Waals surface area contributed by atoms with Gasteiger partial charge in [0.2, 0.25) is 0 Å². The standard InChI is InChI=1S/C18H25N3/c1-14-9-11-19-17(14)18-15(10-12-20-18)13-21-16-7-5-3-2-4-6-8-16/h9-13,16,20-21H,2-8H2,1H3. The third kappa shape index (κ3) is 3.46. The van der Waals surface area contributed by atoms with Crippen molar-refractivity contribution >= 4 is 18.1 Å². The minimum Gasteiger partial charge on any atom is -0.388 e. The molecule has 3 heteroatoms. The number of aliphatic imine (C=N–C) groups is 1. The maximum atomic E-state index is 4.46. The Morgan fingerprint density at radius 3 is 2.67 bits per heavy atom. The summed E-state index contributed by atoms with van der Waals surface area (Å²) >= 11 is 0. The summed E-state index contributed by atoms with van der Waals surface area (Å²) in [6.07, 6.45) is 17.6. The molecule has 2 heterocycles. The molecule has 1 saturated carbocycles. The van der Waals surface area contributed by atoms with Gasteiger partial charge in [-0.15, -0.1) is 0 Å². The molecular formula is C18H25N3. The molecule has 21 heavy (non-hydrogen) atoms. The molecule has 1 aromatic rings. The third-order valence-electron chi connectivity index (χ3n) is 4.50. The van der Waals surface area contributed by atoms with E-state index in [1.807, 2.05) is 12.4 Å². The molecule has 3 rings (SSSR count). The molecule has 0 atom stereocenters. The molecular weight excluding hydrogens is 258 g/mol. The van der Waals surface area contributed by atoms with Gasteiger partial charge in [-0.05, 0) is 37.5 Å². The van der Waals surface area contributed by atoms with Crippen LogP contribution in [0.2, 0.25) is 0 Å². The van der Waals surface area contributed by atoms with Crippen molar-refractivity contribution in [3.63, 3.8) is 0 Å². The smallest absolute Gasteiger partial charge is 0.0900 e. The van der Waals surface area contributed by atoms with Crippen molar-refractivity contribution in [2.24, 2.45) is 4.99 Å². The van der Waals surface area contributed by atoms with Crippen LogP contribution in [0.1, 0.15) is 51.9 Å². The summed E-state index contributed by atoms with van der Waals surface area (Å²) in [5.74, 6) is 0. The van der Waals surface area contributed by atoms with E-state index < -0.39 is 0 Å². The number of allylic oxidation sites excluding steroid dienone is 1. The topological polar surface area (TPSA) is 40.2 Å². The molecule has 1 aromatic heterocycles. The second kappa shape index (κ2) is 6.79. The highest BCUT2D eigenvalue weighted by Gasteiger charge is 2.09. The molecule has 0 saturated heterocycles. The molecule has 3 nitrogen and oxygen atoms in total. The van der Waals surface area contributed by atoms with Crippen LogP contribution in [0.5, 0.6) is 0 Å². The number of nitrogens with zero attached hydrogens (tertiary/aromatic N) is 1. The minimum atomic E-state index is 0.627. The molecule has 0 spiro atoms. The predicted octanol–water partition coefficient (Wildman–Crippen LogP) is 2.59. The fourth-order valence-corrected chi connectivity index (χ4v) is 3.20. The van der Waals surface area contributed by atoms with Gasteiger partial charge in [-0.25, -0.2) is 0 Å². The summed E-state index contributed by atoms with van der Waals surface area (Å²) in [4.78, 5) is 7.79. The Morgan fingerprint density at radius 2 is 1.95 bits per heavy atom. The lowest BCUT2D eigenvalue weighted by Crippen LogP contribution is -2.32. The van der Waals surface area contributed by atoms with Gasteiger partial charge >= 0.3 is 0 Å². The maximum absolute atomic E-state index is 4.46. The van der Waals surface area contributed by atoms with Crippen molar-refractivity contribution in [2.75, 3.05) is 0 Å². The molecule has 0 unspecified atom stereocenters. The van der Waals surface area contributed by atoms with Crippen LogP contribution in [-0.4, -0.2) is 17.2 Å². The van der Waals surface area contributed by atoms with E-state index in [-0.39, 0.29) is 0 Å². The average molecular weight is 283 g/mol. The fraction of sp³-hybridized carbons (Fsp3) is 0.500. The number of H-pyrrole nitrogens is 1. The van der Waals surface area contributed by atoms with E-state index in [4.69, 9.17) is 0 Å². The van der Waals surface area contributed by atoms with Gasteiger partial charge < -0.3 is 10.3 Å². The molecule has 0 aromatic carbocycles. The Morgan fingerprint density at radius 1 is 1.19 bits per heavy atom. The van der Waals surface area contributed by atoms with Crippen LogP contribution in [-0.2, 0) is 0 Å². The summed E-state index contributed by atoms with van der Waals surface area (Å²) in [6, 6.07) is 2.75. The maximum Gasteiger partial charge on any atom is 0.0900 e.